The van der Waals surface area contributed by atoms with E-state index in [0.29, 0.717) is 17.5 Å². The van der Waals surface area contributed by atoms with Crippen LogP contribution in [0.3, 0.4) is 0 Å². The van der Waals surface area contributed by atoms with Gasteiger partial charge in [-0.25, -0.2) is 0 Å². The fourth-order valence-corrected chi connectivity index (χ4v) is 4.09. The molecule has 2 atom stereocenters. The number of hydrogen-bond donors (Lipinski definition) is 1. The van der Waals surface area contributed by atoms with E-state index >= 15 is 0 Å². The molecule has 1 N–H and O–H groups in total. The van der Waals surface area contributed by atoms with Crippen molar-refractivity contribution in [3.63, 3.8) is 0 Å². The van der Waals surface area contributed by atoms with Crippen LogP contribution in [0.15, 0.2) is 24.3 Å². The van der Waals surface area contributed by atoms with Crippen molar-refractivity contribution in [2.45, 2.75) is 45.2 Å². The highest BCUT2D eigenvalue weighted by Gasteiger charge is 2.42. The first-order chi connectivity index (χ1) is 10.2. The van der Waals surface area contributed by atoms with E-state index in [-0.39, 0.29) is 0 Å². The number of rotatable bonds is 4. The van der Waals surface area contributed by atoms with Gasteiger partial charge in [-0.2, -0.15) is 0 Å². The van der Waals surface area contributed by atoms with Crippen LogP contribution in [-0.2, 0) is 0 Å². The van der Waals surface area contributed by atoms with Gasteiger partial charge in [0.1, 0.15) is 12.4 Å². The predicted octanol–water partition coefficient (Wildman–Crippen LogP) is 3.22. The van der Waals surface area contributed by atoms with Gasteiger partial charge in [0.25, 0.3) is 0 Å². The second kappa shape index (κ2) is 5.98. The topological polar surface area (TPSA) is 24.5 Å². The molecule has 1 aromatic rings. The molecule has 0 aliphatic carbocycles. The first-order valence-corrected chi connectivity index (χ1v) is 8.36. The van der Waals surface area contributed by atoms with Crippen LogP contribution in [0.1, 0.15) is 44.7 Å². The van der Waals surface area contributed by atoms with E-state index in [0.717, 1.165) is 12.4 Å². The molecule has 1 aromatic carbocycles. The monoisotopic (exact) mass is 288 g/mol. The quantitative estimate of drug-likeness (QED) is 0.920. The molecule has 2 aliphatic rings. The average Bonchev–Trinajstić information content (AvgIpc) is 2.98. The lowest BCUT2D eigenvalue weighted by Gasteiger charge is -2.39. The second-order valence-electron chi connectivity index (χ2n) is 6.61. The van der Waals surface area contributed by atoms with Crippen molar-refractivity contribution in [3.05, 3.63) is 29.8 Å². The maximum absolute atomic E-state index is 6.03. The van der Waals surface area contributed by atoms with Crippen molar-refractivity contribution in [1.29, 1.82) is 0 Å². The SMILES string of the molecule is CCC1(CC)CCN(C2COc3ccccc3C2NC)C1. The molecule has 0 spiro atoms. The molecule has 0 bridgehead atoms. The molecule has 2 unspecified atom stereocenters. The van der Waals surface area contributed by atoms with E-state index in [1.54, 1.807) is 0 Å². The number of para-hydroxylation sites is 1. The molecule has 0 amide bonds. The Morgan fingerprint density at radius 2 is 2.05 bits per heavy atom. The molecule has 3 rings (SSSR count). The van der Waals surface area contributed by atoms with Crippen molar-refractivity contribution >= 4 is 0 Å². The fourth-order valence-electron chi connectivity index (χ4n) is 4.09. The number of benzene rings is 1. The summed E-state index contributed by atoms with van der Waals surface area (Å²) in [7, 11) is 2.07. The Hall–Kier alpha value is -1.06. The lowest BCUT2D eigenvalue weighted by atomic mass is 9.82. The fraction of sp³-hybridized carbons (Fsp3) is 0.667. The van der Waals surface area contributed by atoms with E-state index in [4.69, 9.17) is 4.74 Å². The zero-order chi connectivity index (χ0) is 14.9. The van der Waals surface area contributed by atoms with Crippen LogP contribution in [0.2, 0.25) is 0 Å². The number of likely N-dealkylation sites (N-methyl/N-ethyl adjacent to an activating group) is 1. The summed E-state index contributed by atoms with van der Waals surface area (Å²) >= 11 is 0. The number of likely N-dealkylation sites (tertiary alicyclic amines) is 1. The maximum atomic E-state index is 6.03. The average molecular weight is 288 g/mol. The molecular formula is C18H28N2O. The Bertz CT molecular complexity index is 484. The number of hydrogen-bond acceptors (Lipinski definition) is 3. The third-order valence-electron chi connectivity index (χ3n) is 5.80. The minimum Gasteiger partial charge on any atom is -0.492 e. The summed E-state index contributed by atoms with van der Waals surface area (Å²) in [4.78, 5) is 2.66. The minimum atomic E-state index is 0.375. The number of nitrogens with one attached hydrogen (secondary N) is 1. The Kier molecular flexibility index (Phi) is 4.23. The van der Waals surface area contributed by atoms with Gasteiger partial charge in [-0.1, -0.05) is 32.0 Å². The highest BCUT2D eigenvalue weighted by Crippen LogP contribution is 2.41. The van der Waals surface area contributed by atoms with Crippen molar-refractivity contribution in [2.24, 2.45) is 5.41 Å². The van der Waals surface area contributed by atoms with Gasteiger partial charge in [0, 0.05) is 12.1 Å². The molecule has 0 radical (unpaired) electrons. The first-order valence-electron chi connectivity index (χ1n) is 8.36. The summed E-state index contributed by atoms with van der Waals surface area (Å²) in [5, 5.41) is 3.53. The maximum Gasteiger partial charge on any atom is 0.124 e. The van der Waals surface area contributed by atoms with Crippen LogP contribution < -0.4 is 10.1 Å². The molecule has 2 heterocycles. The number of fused-ring (bicyclic) bond motifs is 1. The highest BCUT2D eigenvalue weighted by atomic mass is 16.5. The molecule has 1 fully saturated rings. The summed E-state index contributed by atoms with van der Waals surface area (Å²) in [5.74, 6) is 1.05. The summed E-state index contributed by atoms with van der Waals surface area (Å²) in [6, 6.07) is 9.28. The van der Waals surface area contributed by atoms with Gasteiger partial charge in [0.15, 0.2) is 0 Å². The lowest BCUT2D eigenvalue weighted by molar-refractivity contribution is 0.0946. The van der Waals surface area contributed by atoms with Gasteiger partial charge in [-0.05, 0) is 44.3 Å². The molecule has 0 saturated carbocycles. The lowest BCUT2D eigenvalue weighted by Crippen LogP contribution is -2.49. The Balaban J connectivity index is 1.81. The van der Waals surface area contributed by atoms with Crippen molar-refractivity contribution in [2.75, 3.05) is 26.7 Å². The largest absolute Gasteiger partial charge is 0.492 e. The third-order valence-corrected chi connectivity index (χ3v) is 5.80. The van der Waals surface area contributed by atoms with Crippen LogP contribution in [0.4, 0.5) is 0 Å². The van der Waals surface area contributed by atoms with E-state index in [2.05, 4.69) is 55.4 Å². The van der Waals surface area contributed by atoms with Crippen LogP contribution >= 0.6 is 0 Å². The van der Waals surface area contributed by atoms with Crippen molar-refractivity contribution < 1.29 is 4.74 Å². The molecule has 2 aliphatic heterocycles. The summed E-state index contributed by atoms with van der Waals surface area (Å²) in [5.41, 5.74) is 1.83. The van der Waals surface area contributed by atoms with Crippen LogP contribution in [0.5, 0.6) is 5.75 Å². The molecule has 0 aromatic heterocycles. The van der Waals surface area contributed by atoms with E-state index in [1.807, 2.05) is 0 Å². The van der Waals surface area contributed by atoms with E-state index in [9.17, 15) is 0 Å². The highest BCUT2D eigenvalue weighted by molar-refractivity contribution is 5.38. The minimum absolute atomic E-state index is 0.375. The van der Waals surface area contributed by atoms with Gasteiger partial charge in [-0.3, -0.25) is 4.90 Å². The summed E-state index contributed by atoms with van der Waals surface area (Å²) in [6.07, 6.45) is 3.90. The first kappa shape index (κ1) is 14.9. The third kappa shape index (κ3) is 2.58. The van der Waals surface area contributed by atoms with E-state index < -0.39 is 0 Å². The predicted molar refractivity (Wildman–Crippen MR) is 86.7 cm³/mol. The molecule has 3 nitrogen and oxygen atoms in total. The van der Waals surface area contributed by atoms with Crippen LogP contribution in [-0.4, -0.2) is 37.7 Å². The summed E-state index contributed by atoms with van der Waals surface area (Å²) in [6.45, 7) is 7.90. The zero-order valence-electron chi connectivity index (χ0n) is 13.6. The normalized spacial score (nSPS) is 28.1. The Morgan fingerprint density at radius 1 is 1.29 bits per heavy atom. The molecule has 1 saturated heterocycles. The van der Waals surface area contributed by atoms with Crippen LogP contribution in [0, 0.1) is 5.41 Å². The Morgan fingerprint density at radius 3 is 2.71 bits per heavy atom. The molecule has 3 heteroatoms. The summed E-state index contributed by atoms with van der Waals surface area (Å²) < 4.78 is 6.03. The van der Waals surface area contributed by atoms with Gasteiger partial charge in [0.05, 0.1) is 12.1 Å². The van der Waals surface area contributed by atoms with Gasteiger partial charge >= 0.3 is 0 Å². The van der Waals surface area contributed by atoms with Gasteiger partial charge in [-0.15, -0.1) is 0 Å². The van der Waals surface area contributed by atoms with Gasteiger partial charge in [0.2, 0.25) is 0 Å². The second-order valence-corrected chi connectivity index (χ2v) is 6.61. The molecular weight excluding hydrogens is 260 g/mol. The van der Waals surface area contributed by atoms with Crippen LogP contribution in [0.25, 0.3) is 0 Å². The van der Waals surface area contributed by atoms with Crippen molar-refractivity contribution in [1.82, 2.24) is 10.2 Å². The zero-order valence-corrected chi connectivity index (χ0v) is 13.6. The van der Waals surface area contributed by atoms with Gasteiger partial charge < -0.3 is 10.1 Å². The smallest absolute Gasteiger partial charge is 0.124 e. The number of nitrogens with zero attached hydrogens (tertiary/aromatic N) is 1. The van der Waals surface area contributed by atoms with E-state index in [1.165, 1.54) is 37.9 Å². The molecule has 21 heavy (non-hydrogen) atoms. The Labute approximate surface area is 128 Å². The van der Waals surface area contributed by atoms with Crippen molar-refractivity contribution in [3.8, 4) is 5.75 Å². The number of ether oxygens (including phenoxy) is 1. The standard InChI is InChI=1S/C18H28N2O/c1-4-18(5-2)10-11-20(13-18)15-12-21-16-9-7-6-8-14(16)17(15)19-3/h6-9,15,17,19H,4-5,10-13H2,1-3H3. The molecule has 116 valence electrons.